The minimum absolute atomic E-state index is 0.0193. The Hall–Kier alpha value is -1.59. The lowest BCUT2D eigenvalue weighted by Gasteiger charge is -2.36. The maximum Gasteiger partial charge on any atom is 0.238 e. The molecule has 0 radical (unpaired) electrons. The molecule has 0 bridgehead atoms. The van der Waals surface area contributed by atoms with Crippen LogP contribution in [0.5, 0.6) is 0 Å². The van der Waals surface area contributed by atoms with E-state index < -0.39 is 0 Å². The van der Waals surface area contributed by atoms with E-state index in [0.29, 0.717) is 18.8 Å². The molecule has 2 unspecified atom stereocenters. The molecule has 1 saturated heterocycles. The number of aryl methyl sites for hydroxylation is 1. The van der Waals surface area contributed by atoms with Gasteiger partial charge in [-0.05, 0) is 38.5 Å². The van der Waals surface area contributed by atoms with Gasteiger partial charge >= 0.3 is 0 Å². The van der Waals surface area contributed by atoms with Crippen LogP contribution in [0.1, 0.15) is 19.4 Å². The predicted octanol–water partition coefficient (Wildman–Crippen LogP) is 1.62. The number of carbonyl (C=O) groups is 1. The highest BCUT2D eigenvalue weighted by atomic mass is 16.5. The van der Waals surface area contributed by atoms with Gasteiger partial charge in [-0.3, -0.25) is 9.69 Å². The summed E-state index contributed by atoms with van der Waals surface area (Å²) in [6.07, 6.45) is 0.175. The second-order valence-corrected chi connectivity index (χ2v) is 5.54. The lowest BCUT2D eigenvalue weighted by molar-refractivity contribution is -0.121. The number of nitrogens with one attached hydrogen (secondary N) is 1. The van der Waals surface area contributed by atoms with Gasteiger partial charge in [-0.1, -0.05) is 6.07 Å². The highest BCUT2D eigenvalue weighted by molar-refractivity contribution is 5.92. The number of rotatable bonds is 3. The van der Waals surface area contributed by atoms with Crippen LogP contribution in [0.2, 0.25) is 0 Å². The minimum Gasteiger partial charge on any atom is -0.398 e. The number of carbonyl (C=O) groups excluding carboxylic acids is 1. The molecule has 2 rings (SSSR count). The normalized spacial score (nSPS) is 23.6. The number of amides is 1. The van der Waals surface area contributed by atoms with Crippen molar-refractivity contribution in [3.8, 4) is 0 Å². The number of nitrogen functional groups attached to an aromatic ring is 1. The molecule has 1 heterocycles. The maximum absolute atomic E-state index is 12.1. The second-order valence-electron chi connectivity index (χ2n) is 5.54. The Morgan fingerprint density at radius 2 is 2.25 bits per heavy atom. The molecular weight excluding hydrogens is 254 g/mol. The molecule has 20 heavy (non-hydrogen) atoms. The largest absolute Gasteiger partial charge is 0.398 e. The van der Waals surface area contributed by atoms with Crippen LogP contribution in [-0.2, 0) is 9.53 Å². The topological polar surface area (TPSA) is 67.6 Å². The monoisotopic (exact) mass is 277 g/mol. The van der Waals surface area contributed by atoms with Crippen LogP contribution in [0.3, 0.4) is 0 Å². The molecule has 1 amide bonds. The van der Waals surface area contributed by atoms with Crippen molar-refractivity contribution in [3.63, 3.8) is 0 Å². The van der Waals surface area contributed by atoms with E-state index in [-0.39, 0.29) is 18.1 Å². The lowest BCUT2D eigenvalue weighted by atomic mass is 10.2. The Labute approximate surface area is 120 Å². The molecule has 2 atom stereocenters. The van der Waals surface area contributed by atoms with Crippen molar-refractivity contribution in [2.75, 3.05) is 30.7 Å². The highest BCUT2D eigenvalue weighted by Crippen LogP contribution is 2.17. The summed E-state index contributed by atoms with van der Waals surface area (Å²) >= 11 is 0. The zero-order valence-electron chi connectivity index (χ0n) is 12.3. The molecule has 0 aromatic heterocycles. The van der Waals surface area contributed by atoms with Crippen molar-refractivity contribution >= 4 is 17.3 Å². The molecule has 1 fully saturated rings. The van der Waals surface area contributed by atoms with E-state index in [4.69, 9.17) is 10.5 Å². The van der Waals surface area contributed by atoms with Gasteiger partial charge in [0.05, 0.1) is 19.3 Å². The van der Waals surface area contributed by atoms with E-state index in [1.807, 2.05) is 26.0 Å². The standard InChI is InChI=1S/C15H23N3O2/c1-10-4-5-13(6-14(10)16)17-15(19)8-18-7-12(3)20-9-11(18)2/h4-6,11-12H,7-9,16H2,1-3H3,(H,17,19). The van der Waals surface area contributed by atoms with Crippen molar-refractivity contribution in [1.29, 1.82) is 0 Å². The van der Waals surface area contributed by atoms with Crippen molar-refractivity contribution < 1.29 is 9.53 Å². The quantitative estimate of drug-likeness (QED) is 0.824. The average molecular weight is 277 g/mol. The molecule has 1 aliphatic rings. The molecule has 0 saturated carbocycles. The SMILES string of the molecule is Cc1ccc(NC(=O)CN2CC(C)OCC2C)cc1N. The number of nitrogens with two attached hydrogens (primary N) is 1. The molecule has 0 aliphatic carbocycles. The Bertz CT molecular complexity index is 490. The van der Waals surface area contributed by atoms with Crippen LogP contribution in [0.4, 0.5) is 11.4 Å². The minimum atomic E-state index is -0.0193. The zero-order valence-corrected chi connectivity index (χ0v) is 12.3. The van der Waals surface area contributed by atoms with E-state index in [2.05, 4.69) is 17.1 Å². The van der Waals surface area contributed by atoms with Crippen LogP contribution in [0.25, 0.3) is 0 Å². The van der Waals surface area contributed by atoms with E-state index in [0.717, 1.165) is 17.8 Å². The van der Waals surface area contributed by atoms with Crippen LogP contribution < -0.4 is 11.1 Å². The summed E-state index contributed by atoms with van der Waals surface area (Å²) < 4.78 is 5.56. The highest BCUT2D eigenvalue weighted by Gasteiger charge is 2.25. The fourth-order valence-corrected chi connectivity index (χ4v) is 2.30. The van der Waals surface area contributed by atoms with Crippen LogP contribution >= 0.6 is 0 Å². The summed E-state index contributed by atoms with van der Waals surface area (Å²) in [6, 6.07) is 5.83. The van der Waals surface area contributed by atoms with Gasteiger partial charge in [0, 0.05) is 24.0 Å². The summed E-state index contributed by atoms with van der Waals surface area (Å²) in [4.78, 5) is 14.2. The molecule has 5 nitrogen and oxygen atoms in total. The summed E-state index contributed by atoms with van der Waals surface area (Å²) in [7, 11) is 0. The fraction of sp³-hybridized carbons (Fsp3) is 0.533. The van der Waals surface area contributed by atoms with Crippen molar-refractivity contribution in [2.24, 2.45) is 0 Å². The Morgan fingerprint density at radius 1 is 1.50 bits per heavy atom. The lowest BCUT2D eigenvalue weighted by Crippen LogP contribution is -2.50. The van der Waals surface area contributed by atoms with Gasteiger partial charge in [-0.2, -0.15) is 0 Å². The summed E-state index contributed by atoms with van der Waals surface area (Å²) in [5, 5.41) is 2.89. The number of nitrogens with zero attached hydrogens (tertiary/aromatic N) is 1. The van der Waals surface area contributed by atoms with Gasteiger partial charge < -0.3 is 15.8 Å². The van der Waals surface area contributed by atoms with E-state index in [9.17, 15) is 4.79 Å². The number of morpholine rings is 1. The van der Waals surface area contributed by atoms with E-state index in [1.165, 1.54) is 0 Å². The van der Waals surface area contributed by atoms with Crippen LogP contribution in [0, 0.1) is 6.92 Å². The Morgan fingerprint density at radius 3 is 2.95 bits per heavy atom. The van der Waals surface area contributed by atoms with Crippen molar-refractivity contribution in [1.82, 2.24) is 4.90 Å². The van der Waals surface area contributed by atoms with Gasteiger partial charge in [-0.25, -0.2) is 0 Å². The molecule has 110 valence electrons. The molecule has 1 aliphatic heterocycles. The molecule has 1 aromatic carbocycles. The van der Waals surface area contributed by atoms with Crippen molar-refractivity contribution in [3.05, 3.63) is 23.8 Å². The average Bonchev–Trinajstić information content (AvgIpc) is 2.38. The number of hydrogen-bond acceptors (Lipinski definition) is 4. The zero-order chi connectivity index (χ0) is 14.7. The van der Waals surface area contributed by atoms with Gasteiger partial charge in [0.15, 0.2) is 0 Å². The van der Waals surface area contributed by atoms with Gasteiger partial charge in [0.25, 0.3) is 0 Å². The first kappa shape index (κ1) is 14.8. The van der Waals surface area contributed by atoms with Gasteiger partial charge in [0.1, 0.15) is 0 Å². The molecule has 3 N–H and O–H groups in total. The fourth-order valence-electron chi connectivity index (χ4n) is 2.30. The molecule has 0 spiro atoms. The Balaban J connectivity index is 1.93. The first-order valence-electron chi connectivity index (χ1n) is 6.97. The first-order chi connectivity index (χ1) is 9.45. The molecule has 1 aromatic rings. The summed E-state index contributed by atoms with van der Waals surface area (Å²) in [5.41, 5.74) is 8.29. The Kier molecular flexibility index (Phi) is 4.62. The second kappa shape index (κ2) is 6.24. The number of ether oxygens (including phenoxy) is 1. The van der Waals surface area contributed by atoms with Crippen LogP contribution in [0.15, 0.2) is 18.2 Å². The third-order valence-corrected chi connectivity index (χ3v) is 3.65. The third kappa shape index (κ3) is 3.71. The number of anilines is 2. The smallest absolute Gasteiger partial charge is 0.238 e. The first-order valence-corrected chi connectivity index (χ1v) is 6.97. The number of hydrogen-bond donors (Lipinski definition) is 2. The maximum atomic E-state index is 12.1. The third-order valence-electron chi connectivity index (χ3n) is 3.65. The summed E-state index contributed by atoms with van der Waals surface area (Å²) in [6.45, 7) is 7.87. The van der Waals surface area contributed by atoms with Gasteiger partial charge in [-0.15, -0.1) is 0 Å². The molecular formula is C15H23N3O2. The van der Waals surface area contributed by atoms with Gasteiger partial charge in [0.2, 0.25) is 5.91 Å². The summed E-state index contributed by atoms with van der Waals surface area (Å²) in [5.74, 6) is -0.0193. The van der Waals surface area contributed by atoms with Crippen molar-refractivity contribution in [2.45, 2.75) is 32.9 Å². The number of benzene rings is 1. The van der Waals surface area contributed by atoms with E-state index in [1.54, 1.807) is 6.07 Å². The predicted molar refractivity (Wildman–Crippen MR) is 80.7 cm³/mol. The molecule has 5 heteroatoms. The van der Waals surface area contributed by atoms with E-state index >= 15 is 0 Å². The van der Waals surface area contributed by atoms with Crippen LogP contribution in [-0.4, -0.2) is 42.6 Å².